The summed E-state index contributed by atoms with van der Waals surface area (Å²) in [5.74, 6) is 0.315. The molecule has 0 bridgehead atoms. The number of carbonyl (C=O) groups excluding carboxylic acids is 1. The highest BCUT2D eigenvalue weighted by Crippen LogP contribution is 2.19. The molecule has 19 heavy (non-hydrogen) atoms. The molecule has 3 rings (SSSR count). The summed E-state index contributed by atoms with van der Waals surface area (Å²) in [5, 5.41) is 3.30. The van der Waals surface area contributed by atoms with Gasteiger partial charge in [0, 0.05) is 51.5 Å². The molecule has 3 heterocycles. The van der Waals surface area contributed by atoms with Gasteiger partial charge in [0.15, 0.2) is 0 Å². The number of carbonyl (C=O) groups is 1. The highest BCUT2D eigenvalue weighted by molar-refractivity contribution is 5.97. The van der Waals surface area contributed by atoms with Crippen LogP contribution >= 0.6 is 0 Å². The average molecular weight is 261 g/mol. The number of hydrogen-bond acceptors (Lipinski definition) is 5. The van der Waals surface area contributed by atoms with Crippen molar-refractivity contribution in [3.8, 4) is 0 Å². The van der Waals surface area contributed by atoms with Crippen LogP contribution in [-0.4, -0.2) is 61.1 Å². The van der Waals surface area contributed by atoms with Gasteiger partial charge in [-0.3, -0.25) is 9.69 Å². The zero-order valence-electron chi connectivity index (χ0n) is 10.9. The maximum absolute atomic E-state index is 11.4. The molecule has 1 amide bonds. The number of pyridine rings is 1. The SMILES string of the molecule is NC(=O)c1cccnc1N1CCN(C2CNC2)CC1. The molecule has 2 aliphatic rings. The second-order valence-electron chi connectivity index (χ2n) is 5.07. The quantitative estimate of drug-likeness (QED) is 0.751. The van der Waals surface area contributed by atoms with E-state index in [1.807, 2.05) is 0 Å². The zero-order valence-corrected chi connectivity index (χ0v) is 10.9. The van der Waals surface area contributed by atoms with Crippen molar-refractivity contribution < 1.29 is 4.79 Å². The van der Waals surface area contributed by atoms with Crippen LogP contribution in [0.2, 0.25) is 0 Å². The Balaban J connectivity index is 1.69. The van der Waals surface area contributed by atoms with E-state index in [0.29, 0.717) is 11.6 Å². The molecule has 102 valence electrons. The fraction of sp³-hybridized carbons (Fsp3) is 0.538. The lowest BCUT2D eigenvalue weighted by atomic mass is 10.1. The number of aromatic nitrogens is 1. The molecule has 0 aliphatic carbocycles. The number of nitrogens with two attached hydrogens (primary N) is 1. The molecule has 0 aromatic carbocycles. The number of amides is 1. The normalized spacial score (nSPS) is 21.2. The van der Waals surface area contributed by atoms with Gasteiger partial charge in [0.05, 0.1) is 5.56 Å². The number of hydrogen-bond donors (Lipinski definition) is 2. The van der Waals surface area contributed by atoms with Gasteiger partial charge in [0.1, 0.15) is 5.82 Å². The molecule has 6 heteroatoms. The minimum absolute atomic E-state index is 0.409. The first-order valence-electron chi connectivity index (χ1n) is 6.70. The summed E-state index contributed by atoms with van der Waals surface area (Å²) in [4.78, 5) is 20.4. The van der Waals surface area contributed by atoms with Crippen LogP contribution in [0.3, 0.4) is 0 Å². The Labute approximate surface area is 112 Å². The van der Waals surface area contributed by atoms with Crippen LogP contribution in [0.25, 0.3) is 0 Å². The number of rotatable bonds is 3. The summed E-state index contributed by atoms with van der Waals surface area (Å²) >= 11 is 0. The molecule has 0 atom stereocenters. The molecule has 2 aliphatic heterocycles. The summed E-state index contributed by atoms with van der Waals surface area (Å²) in [6.45, 7) is 6.01. The Morgan fingerprint density at radius 2 is 2.05 bits per heavy atom. The highest BCUT2D eigenvalue weighted by Gasteiger charge is 2.28. The highest BCUT2D eigenvalue weighted by atomic mass is 16.1. The summed E-state index contributed by atoms with van der Waals surface area (Å²) in [5.41, 5.74) is 5.92. The number of nitrogens with zero attached hydrogens (tertiary/aromatic N) is 3. The number of nitrogens with one attached hydrogen (secondary N) is 1. The van der Waals surface area contributed by atoms with Crippen molar-refractivity contribution in [3.63, 3.8) is 0 Å². The van der Waals surface area contributed by atoms with E-state index in [1.165, 1.54) is 0 Å². The van der Waals surface area contributed by atoms with Gasteiger partial charge in [-0.25, -0.2) is 4.98 Å². The van der Waals surface area contributed by atoms with Crippen molar-refractivity contribution in [2.24, 2.45) is 5.73 Å². The summed E-state index contributed by atoms with van der Waals surface area (Å²) in [6, 6.07) is 4.17. The van der Waals surface area contributed by atoms with E-state index in [9.17, 15) is 4.79 Å². The third kappa shape index (κ3) is 2.41. The summed E-state index contributed by atoms with van der Waals surface area (Å²) < 4.78 is 0. The molecule has 0 saturated carbocycles. The van der Waals surface area contributed by atoms with E-state index < -0.39 is 5.91 Å². The minimum Gasteiger partial charge on any atom is -0.365 e. The zero-order chi connectivity index (χ0) is 13.2. The third-order valence-electron chi connectivity index (χ3n) is 3.94. The first-order chi connectivity index (χ1) is 9.25. The molecular weight excluding hydrogens is 242 g/mol. The predicted molar refractivity (Wildman–Crippen MR) is 73.2 cm³/mol. The van der Waals surface area contributed by atoms with Gasteiger partial charge in [0.25, 0.3) is 5.91 Å². The second-order valence-corrected chi connectivity index (χ2v) is 5.07. The van der Waals surface area contributed by atoms with E-state index in [0.717, 1.165) is 45.1 Å². The molecule has 1 aromatic heterocycles. The monoisotopic (exact) mass is 261 g/mol. The Morgan fingerprint density at radius 1 is 1.32 bits per heavy atom. The van der Waals surface area contributed by atoms with Crippen LogP contribution in [0.5, 0.6) is 0 Å². The van der Waals surface area contributed by atoms with Crippen LogP contribution < -0.4 is 16.0 Å². The van der Waals surface area contributed by atoms with Crippen LogP contribution in [-0.2, 0) is 0 Å². The van der Waals surface area contributed by atoms with Gasteiger partial charge >= 0.3 is 0 Å². The maximum atomic E-state index is 11.4. The van der Waals surface area contributed by atoms with Gasteiger partial charge in [-0.05, 0) is 12.1 Å². The van der Waals surface area contributed by atoms with Gasteiger partial charge in [-0.2, -0.15) is 0 Å². The molecule has 3 N–H and O–H groups in total. The molecule has 2 fully saturated rings. The average Bonchev–Trinajstić information content (AvgIpc) is 2.37. The second kappa shape index (κ2) is 5.14. The van der Waals surface area contributed by atoms with Gasteiger partial charge in [-0.1, -0.05) is 0 Å². The van der Waals surface area contributed by atoms with E-state index in [4.69, 9.17) is 5.73 Å². The molecule has 1 aromatic rings. The molecular formula is C13H19N5O. The largest absolute Gasteiger partial charge is 0.365 e. The van der Waals surface area contributed by atoms with Crippen LogP contribution in [0, 0.1) is 0 Å². The summed E-state index contributed by atoms with van der Waals surface area (Å²) in [7, 11) is 0. The number of anilines is 1. The van der Waals surface area contributed by atoms with E-state index in [2.05, 4.69) is 20.1 Å². The van der Waals surface area contributed by atoms with Gasteiger partial charge in [-0.15, -0.1) is 0 Å². The lowest BCUT2D eigenvalue weighted by molar-refractivity contribution is 0.0999. The van der Waals surface area contributed by atoms with Crippen molar-refractivity contribution in [1.29, 1.82) is 0 Å². The lowest BCUT2D eigenvalue weighted by Gasteiger charge is -2.43. The first-order valence-corrected chi connectivity index (χ1v) is 6.70. The molecule has 0 unspecified atom stereocenters. The Morgan fingerprint density at radius 3 is 2.63 bits per heavy atom. The van der Waals surface area contributed by atoms with Crippen molar-refractivity contribution in [3.05, 3.63) is 23.9 Å². The molecule has 6 nitrogen and oxygen atoms in total. The van der Waals surface area contributed by atoms with E-state index in [-0.39, 0.29) is 0 Å². The van der Waals surface area contributed by atoms with Crippen molar-refractivity contribution in [2.45, 2.75) is 6.04 Å². The van der Waals surface area contributed by atoms with E-state index >= 15 is 0 Å². The Kier molecular flexibility index (Phi) is 3.35. The summed E-state index contributed by atoms with van der Waals surface area (Å²) in [6.07, 6.45) is 1.71. The maximum Gasteiger partial charge on any atom is 0.252 e. The van der Waals surface area contributed by atoms with Crippen LogP contribution in [0.15, 0.2) is 18.3 Å². The lowest BCUT2D eigenvalue weighted by Crippen LogP contribution is -2.61. The molecule has 0 radical (unpaired) electrons. The van der Waals surface area contributed by atoms with Gasteiger partial charge in [0.2, 0.25) is 0 Å². The number of piperazine rings is 1. The molecule has 2 saturated heterocycles. The van der Waals surface area contributed by atoms with Crippen LogP contribution in [0.4, 0.5) is 5.82 Å². The fourth-order valence-electron chi connectivity index (χ4n) is 2.67. The molecule has 0 spiro atoms. The minimum atomic E-state index is -0.409. The van der Waals surface area contributed by atoms with Crippen molar-refractivity contribution in [1.82, 2.24) is 15.2 Å². The topological polar surface area (TPSA) is 74.5 Å². The Hall–Kier alpha value is -1.66. The third-order valence-corrected chi connectivity index (χ3v) is 3.94. The standard InChI is InChI=1S/C13H19N5O/c14-12(19)11-2-1-3-16-13(11)18-6-4-17(5-7-18)10-8-15-9-10/h1-3,10,15H,4-9H2,(H2,14,19). The first kappa shape index (κ1) is 12.4. The van der Waals surface area contributed by atoms with Crippen LogP contribution in [0.1, 0.15) is 10.4 Å². The predicted octanol–water partition coefficient (Wildman–Crippen LogP) is -0.726. The fourth-order valence-corrected chi connectivity index (χ4v) is 2.67. The van der Waals surface area contributed by atoms with Gasteiger partial charge < -0.3 is 16.0 Å². The number of primary amides is 1. The Bertz CT molecular complexity index is 466. The van der Waals surface area contributed by atoms with Crippen molar-refractivity contribution in [2.75, 3.05) is 44.2 Å². The smallest absolute Gasteiger partial charge is 0.252 e. The van der Waals surface area contributed by atoms with E-state index in [1.54, 1.807) is 18.3 Å². The van der Waals surface area contributed by atoms with Crippen molar-refractivity contribution >= 4 is 11.7 Å².